The minimum Gasteiger partial charge on any atom is -0.490 e. The molecular formula is C21H25NO3. The molecule has 4 heteroatoms. The topological polar surface area (TPSA) is 58.9 Å². The van der Waals surface area contributed by atoms with E-state index in [1.165, 1.54) is 11.1 Å². The largest absolute Gasteiger partial charge is 0.490 e. The maximum Gasteiger partial charge on any atom is 0.186 e. The molecule has 0 spiro atoms. The van der Waals surface area contributed by atoms with Crippen LogP contribution in [0, 0.1) is 17.3 Å². The van der Waals surface area contributed by atoms with Crippen LogP contribution in [0.4, 0.5) is 0 Å². The van der Waals surface area contributed by atoms with E-state index in [1.807, 2.05) is 0 Å². The van der Waals surface area contributed by atoms with Gasteiger partial charge in [0.2, 0.25) is 0 Å². The van der Waals surface area contributed by atoms with E-state index in [2.05, 4.69) is 36.9 Å². The van der Waals surface area contributed by atoms with E-state index in [0.717, 1.165) is 31.4 Å². The fraction of sp³-hybridized carbons (Fsp3) is 0.524. The van der Waals surface area contributed by atoms with Gasteiger partial charge in [0.1, 0.15) is 18.1 Å². The quantitative estimate of drug-likeness (QED) is 0.512. The van der Waals surface area contributed by atoms with Gasteiger partial charge in [0.15, 0.2) is 5.78 Å². The number of aryl methyl sites for hydroxylation is 1. The van der Waals surface area contributed by atoms with Gasteiger partial charge in [-0.1, -0.05) is 30.8 Å². The molecule has 1 N–H and O–H groups in total. The molecule has 0 saturated heterocycles. The fourth-order valence-corrected chi connectivity index (χ4v) is 5.50. The van der Waals surface area contributed by atoms with Gasteiger partial charge in [-0.15, -0.1) is 0 Å². The maximum absolute atomic E-state index is 12.6. The second-order valence-corrected chi connectivity index (χ2v) is 7.91. The molecule has 0 bridgehead atoms. The zero-order valence-electron chi connectivity index (χ0n) is 14.7. The molecule has 1 aromatic rings. The number of hydrogen-bond donors (Lipinski definition) is 1. The van der Waals surface area contributed by atoms with Crippen LogP contribution in [-0.4, -0.2) is 23.3 Å². The molecule has 3 aliphatic rings. The standard InChI is InChI=1S/C21H25NO3/c1-3-10-25-14-5-7-15-13(11-14)4-6-17-16(15)8-9-21(2)18(17)12-19(22-24)20(21)23/h3,5,7,11,16-18,24H,1,4,6,8-10,12H2,2H3/b22-19-. The Bertz CT molecular complexity index is 754. The third kappa shape index (κ3) is 2.42. The lowest BCUT2D eigenvalue weighted by Gasteiger charge is -2.47. The minimum absolute atomic E-state index is 0.0671. The number of benzene rings is 1. The van der Waals surface area contributed by atoms with Crippen molar-refractivity contribution >= 4 is 11.5 Å². The molecule has 2 fully saturated rings. The number of nitrogens with zero attached hydrogens (tertiary/aromatic N) is 1. The maximum atomic E-state index is 12.6. The first-order chi connectivity index (χ1) is 12.1. The SMILES string of the molecule is C=CCOc1ccc2c(c1)CCC1C2CCC2(C)C(=O)/C(=N\O)CC12. The zero-order chi connectivity index (χ0) is 17.6. The number of ether oxygens (including phenoxy) is 1. The van der Waals surface area contributed by atoms with Crippen LogP contribution in [0.1, 0.15) is 49.7 Å². The lowest BCUT2D eigenvalue weighted by molar-refractivity contribution is -0.125. The number of ketones is 1. The number of oxime groups is 1. The summed E-state index contributed by atoms with van der Waals surface area (Å²) in [6.07, 6.45) is 6.41. The molecule has 4 atom stereocenters. The van der Waals surface area contributed by atoms with Crippen molar-refractivity contribution in [2.24, 2.45) is 22.4 Å². The molecule has 4 rings (SSSR count). The Kier molecular flexibility index (Phi) is 3.94. The lowest BCUT2D eigenvalue weighted by Crippen LogP contribution is -2.42. The highest BCUT2D eigenvalue weighted by molar-refractivity contribution is 6.43. The Morgan fingerprint density at radius 1 is 1.44 bits per heavy atom. The van der Waals surface area contributed by atoms with Crippen molar-refractivity contribution in [3.63, 3.8) is 0 Å². The van der Waals surface area contributed by atoms with Gasteiger partial charge in [-0.2, -0.15) is 0 Å². The van der Waals surface area contributed by atoms with E-state index >= 15 is 0 Å². The van der Waals surface area contributed by atoms with Crippen LogP contribution in [0.5, 0.6) is 5.75 Å². The van der Waals surface area contributed by atoms with E-state index in [-0.39, 0.29) is 11.2 Å². The Morgan fingerprint density at radius 2 is 2.28 bits per heavy atom. The molecule has 0 radical (unpaired) electrons. The predicted molar refractivity (Wildman–Crippen MR) is 96.4 cm³/mol. The Balaban J connectivity index is 1.64. The van der Waals surface area contributed by atoms with Crippen molar-refractivity contribution in [1.82, 2.24) is 0 Å². The molecular weight excluding hydrogens is 314 g/mol. The highest BCUT2D eigenvalue weighted by Crippen LogP contribution is 2.59. The summed E-state index contributed by atoms with van der Waals surface area (Å²) in [4.78, 5) is 12.6. The van der Waals surface area contributed by atoms with Crippen molar-refractivity contribution < 1.29 is 14.7 Å². The highest BCUT2D eigenvalue weighted by Gasteiger charge is 2.57. The van der Waals surface area contributed by atoms with Crippen LogP contribution < -0.4 is 4.74 Å². The number of rotatable bonds is 3. The van der Waals surface area contributed by atoms with Crippen molar-refractivity contribution in [2.75, 3.05) is 6.61 Å². The summed E-state index contributed by atoms with van der Waals surface area (Å²) in [6.45, 7) is 6.30. The van der Waals surface area contributed by atoms with Gasteiger partial charge in [0, 0.05) is 11.8 Å². The average Bonchev–Trinajstić information content (AvgIpc) is 2.90. The van der Waals surface area contributed by atoms with Gasteiger partial charge in [0.05, 0.1) is 0 Å². The summed E-state index contributed by atoms with van der Waals surface area (Å²) in [5.41, 5.74) is 2.85. The Morgan fingerprint density at radius 3 is 3.04 bits per heavy atom. The summed E-state index contributed by atoms with van der Waals surface area (Å²) in [5.74, 6) is 2.27. The molecule has 132 valence electrons. The van der Waals surface area contributed by atoms with Crippen LogP contribution in [0.15, 0.2) is 36.0 Å². The predicted octanol–water partition coefficient (Wildman–Crippen LogP) is 4.12. The molecule has 0 heterocycles. The van der Waals surface area contributed by atoms with Gasteiger partial charge in [-0.3, -0.25) is 4.79 Å². The molecule has 3 aliphatic carbocycles. The fourth-order valence-electron chi connectivity index (χ4n) is 5.50. The molecule has 25 heavy (non-hydrogen) atoms. The minimum atomic E-state index is -0.340. The van der Waals surface area contributed by atoms with E-state index in [4.69, 9.17) is 4.74 Å². The number of hydrogen-bond acceptors (Lipinski definition) is 4. The second-order valence-electron chi connectivity index (χ2n) is 7.91. The monoisotopic (exact) mass is 339 g/mol. The van der Waals surface area contributed by atoms with Gasteiger partial charge in [0.25, 0.3) is 0 Å². The molecule has 0 aliphatic heterocycles. The third-order valence-electron chi connectivity index (χ3n) is 6.77. The van der Waals surface area contributed by atoms with Crippen LogP contribution in [0.2, 0.25) is 0 Å². The van der Waals surface area contributed by atoms with Crippen molar-refractivity contribution in [3.05, 3.63) is 42.0 Å². The van der Waals surface area contributed by atoms with Gasteiger partial charge >= 0.3 is 0 Å². The van der Waals surface area contributed by atoms with Crippen LogP contribution in [-0.2, 0) is 11.2 Å². The number of carbonyl (C=O) groups is 1. The first kappa shape index (κ1) is 16.4. The van der Waals surface area contributed by atoms with Crippen molar-refractivity contribution in [1.29, 1.82) is 0 Å². The molecule has 1 aromatic carbocycles. The number of Topliss-reactive ketones (excluding diaryl/α,β-unsaturated/α-hetero) is 1. The Labute approximate surface area is 148 Å². The van der Waals surface area contributed by atoms with Crippen molar-refractivity contribution in [3.8, 4) is 5.75 Å². The normalized spacial score (nSPS) is 35.0. The molecule has 0 amide bonds. The van der Waals surface area contributed by atoms with Gasteiger partial charge < -0.3 is 9.94 Å². The van der Waals surface area contributed by atoms with Gasteiger partial charge in [-0.25, -0.2) is 0 Å². The first-order valence-corrected chi connectivity index (χ1v) is 9.20. The molecule has 0 aromatic heterocycles. The van der Waals surface area contributed by atoms with E-state index in [9.17, 15) is 10.0 Å². The highest BCUT2D eigenvalue weighted by atomic mass is 16.5. The molecule has 4 nitrogen and oxygen atoms in total. The van der Waals surface area contributed by atoms with E-state index in [0.29, 0.717) is 36.5 Å². The first-order valence-electron chi connectivity index (χ1n) is 9.20. The van der Waals surface area contributed by atoms with Crippen LogP contribution in [0.25, 0.3) is 0 Å². The summed E-state index contributed by atoms with van der Waals surface area (Å²) in [7, 11) is 0. The summed E-state index contributed by atoms with van der Waals surface area (Å²) < 4.78 is 5.68. The van der Waals surface area contributed by atoms with Crippen LogP contribution in [0.3, 0.4) is 0 Å². The van der Waals surface area contributed by atoms with Crippen molar-refractivity contribution in [2.45, 2.75) is 44.9 Å². The molecule has 4 unspecified atom stereocenters. The zero-order valence-corrected chi connectivity index (χ0v) is 14.7. The number of carbonyl (C=O) groups excluding carboxylic acids is 1. The lowest BCUT2D eigenvalue weighted by atomic mass is 9.55. The summed E-state index contributed by atoms with van der Waals surface area (Å²) in [5, 5.41) is 12.5. The number of fused-ring (bicyclic) bond motifs is 5. The second kappa shape index (κ2) is 6.01. The summed E-state index contributed by atoms with van der Waals surface area (Å²) >= 11 is 0. The van der Waals surface area contributed by atoms with E-state index < -0.39 is 0 Å². The van der Waals surface area contributed by atoms with E-state index in [1.54, 1.807) is 6.08 Å². The summed E-state index contributed by atoms with van der Waals surface area (Å²) in [6, 6.07) is 6.44. The van der Waals surface area contributed by atoms with Crippen LogP contribution >= 0.6 is 0 Å². The molecule has 2 saturated carbocycles. The third-order valence-corrected chi connectivity index (χ3v) is 6.77. The van der Waals surface area contributed by atoms with Gasteiger partial charge in [-0.05, 0) is 66.7 Å². The average molecular weight is 339 g/mol. The Hall–Kier alpha value is -2.10. The smallest absolute Gasteiger partial charge is 0.186 e.